The van der Waals surface area contributed by atoms with Crippen molar-refractivity contribution in [1.82, 2.24) is 10.2 Å². The van der Waals surface area contributed by atoms with E-state index in [0.29, 0.717) is 34.3 Å². The molecule has 2 N–H and O–H groups in total. The van der Waals surface area contributed by atoms with Crippen LogP contribution in [0.15, 0.2) is 66.7 Å². The van der Waals surface area contributed by atoms with Crippen LogP contribution < -0.4 is 10.6 Å². The van der Waals surface area contributed by atoms with E-state index < -0.39 is 0 Å². The first-order chi connectivity index (χ1) is 17.9. The van der Waals surface area contributed by atoms with Gasteiger partial charge in [0.2, 0.25) is 0 Å². The molecule has 0 bridgehead atoms. The van der Waals surface area contributed by atoms with Crippen molar-refractivity contribution >= 4 is 29.1 Å². The lowest BCUT2D eigenvalue weighted by molar-refractivity contribution is 0.0951. The van der Waals surface area contributed by atoms with Gasteiger partial charge >= 0.3 is 0 Å². The molecular formula is C31H36ClN3O2. The topological polar surface area (TPSA) is 61.4 Å². The van der Waals surface area contributed by atoms with Crippen molar-refractivity contribution in [3.63, 3.8) is 0 Å². The molecule has 0 radical (unpaired) electrons. The van der Waals surface area contributed by atoms with Gasteiger partial charge in [0.25, 0.3) is 11.8 Å². The van der Waals surface area contributed by atoms with E-state index in [0.717, 1.165) is 32.5 Å². The van der Waals surface area contributed by atoms with Gasteiger partial charge in [-0.2, -0.15) is 0 Å². The molecular weight excluding hydrogens is 482 g/mol. The maximum atomic E-state index is 12.5. The van der Waals surface area contributed by atoms with Crippen molar-refractivity contribution in [2.45, 2.75) is 45.4 Å². The van der Waals surface area contributed by atoms with Crippen molar-refractivity contribution in [1.29, 1.82) is 0 Å². The van der Waals surface area contributed by atoms with Gasteiger partial charge in [0.15, 0.2) is 0 Å². The summed E-state index contributed by atoms with van der Waals surface area (Å²) in [4.78, 5) is 27.4. The van der Waals surface area contributed by atoms with Crippen molar-refractivity contribution in [2.75, 3.05) is 31.5 Å². The molecule has 0 spiro atoms. The van der Waals surface area contributed by atoms with E-state index in [1.807, 2.05) is 0 Å². The molecule has 1 saturated heterocycles. The number of hydrogen-bond acceptors (Lipinski definition) is 3. The van der Waals surface area contributed by atoms with Crippen molar-refractivity contribution in [3.8, 4) is 0 Å². The van der Waals surface area contributed by atoms with Crippen LogP contribution >= 0.6 is 11.6 Å². The van der Waals surface area contributed by atoms with Crippen LogP contribution in [0.25, 0.3) is 0 Å². The standard InChI is InChI=1S/C31H36ClN3O2/c1-22-5-14-29(23(2)21-22)24-15-19-35(20-16-24)18-4-3-17-33-30(36)25-8-12-28(13-9-25)34-31(37)26-6-10-27(32)11-7-26/h5-14,21,24H,3-4,15-20H2,1-2H3,(H,33,36)(H,34,37). The number of anilines is 1. The Bertz CT molecular complexity index is 1200. The normalized spacial score (nSPS) is 14.4. The number of benzene rings is 3. The molecule has 6 heteroatoms. The highest BCUT2D eigenvalue weighted by Crippen LogP contribution is 2.30. The molecule has 0 unspecified atom stereocenters. The fraction of sp³-hybridized carbons (Fsp3) is 0.355. The SMILES string of the molecule is Cc1ccc(C2CCN(CCCCNC(=O)c3ccc(NC(=O)c4ccc(Cl)cc4)cc3)CC2)c(C)c1. The Morgan fingerprint density at radius 1 is 0.865 bits per heavy atom. The van der Waals surface area contributed by atoms with Gasteiger partial charge < -0.3 is 15.5 Å². The van der Waals surface area contributed by atoms with Crippen LogP contribution in [0, 0.1) is 13.8 Å². The van der Waals surface area contributed by atoms with Crippen molar-refractivity contribution in [2.24, 2.45) is 0 Å². The second-order valence-electron chi connectivity index (χ2n) is 9.98. The highest BCUT2D eigenvalue weighted by molar-refractivity contribution is 6.30. The molecule has 0 aliphatic carbocycles. The molecule has 0 atom stereocenters. The number of likely N-dealkylation sites (tertiary alicyclic amines) is 1. The number of carbonyl (C=O) groups excluding carboxylic acids is 2. The number of nitrogens with one attached hydrogen (secondary N) is 2. The molecule has 3 aromatic rings. The molecule has 0 aromatic heterocycles. The maximum Gasteiger partial charge on any atom is 0.255 e. The zero-order chi connectivity index (χ0) is 26.2. The summed E-state index contributed by atoms with van der Waals surface area (Å²) in [5.74, 6) is 0.363. The largest absolute Gasteiger partial charge is 0.352 e. The van der Waals surface area contributed by atoms with E-state index in [2.05, 4.69) is 47.6 Å². The monoisotopic (exact) mass is 517 g/mol. The third-order valence-corrected chi connectivity index (χ3v) is 7.40. The Kier molecular flexibility index (Phi) is 9.37. The molecule has 5 nitrogen and oxygen atoms in total. The average molecular weight is 518 g/mol. The number of piperidine rings is 1. The highest BCUT2D eigenvalue weighted by Gasteiger charge is 2.21. The minimum atomic E-state index is -0.219. The second kappa shape index (κ2) is 12.9. The zero-order valence-electron chi connectivity index (χ0n) is 21.7. The molecule has 1 aliphatic rings. The molecule has 37 heavy (non-hydrogen) atoms. The lowest BCUT2D eigenvalue weighted by Gasteiger charge is -2.33. The van der Waals surface area contributed by atoms with Gasteiger partial charge in [-0.1, -0.05) is 35.4 Å². The Balaban J connectivity index is 1.12. The Morgan fingerprint density at radius 2 is 1.51 bits per heavy atom. The first-order valence-corrected chi connectivity index (χ1v) is 13.5. The van der Waals surface area contributed by atoms with Gasteiger partial charge in [0, 0.05) is 28.4 Å². The summed E-state index contributed by atoms with van der Waals surface area (Å²) in [7, 11) is 0. The summed E-state index contributed by atoms with van der Waals surface area (Å²) in [6.45, 7) is 8.42. The van der Waals surface area contributed by atoms with Crippen LogP contribution in [-0.2, 0) is 0 Å². The summed E-state index contributed by atoms with van der Waals surface area (Å²) >= 11 is 5.87. The Hall–Kier alpha value is -3.15. The van der Waals surface area contributed by atoms with Crippen LogP contribution in [0.3, 0.4) is 0 Å². The molecule has 1 aliphatic heterocycles. The third kappa shape index (κ3) is 7.67. The third-order valence-electron chi connectivity index (χ3n) is 7.15. The molecule has 1 heterocycles. The van der Waals surface area contributed by atoms with E-state index >= 15 is 0 Å². The van der Waals surface area contributed by atoms with Crippen LogP contribution in [0.5, 0.6) is 0 Å². The fourth-order valence-corrected chi connectivity index (χ4v) is 5.15. The summed E-state index contributed by atoms with van der Waals surface area (Å²) in [6, 6.07) is 20.5. The lowest BCUT2D eigenvalue weighted by atomic mass is 9.86. The fourth-order valence-electron chi connectivity index (χ4n) is 5.03. The van der Waals surface area contributed by atoms with Gasteiger partial charge in [-0.15, -0.1) is 0 Å². The van der Waals surface area contributed by atoms with Crippen molar-refractivity contribution < 1.29 is 9.59 Å². The number of unbranched alkanes of at least 4 members (excludes halogenated alkanes) is 1. The van der Waals surface area contributed by atoms with Crippen molar-refractivity contribution in [3.05, 3.63) is 99.6 Å². The van der Waals surface area contributed by atoms with Crippen LogP contribution in [0.4, 0.5) is 5.69 Å². The van der Waals surface area contributed by atoms with Gasteiger partial charge in [-0.3, -0.25) is 9.59 Å². The molecule has 3 aromatic carbocycles. The molecule has 4 rings (SSSR count). The van der Waals surface area contributed by atoms with Crippen LogP contribution in [-0.4, -0.2) is 42.9 Å². The number of amides is 2. The second-order valence-corrected chi connectivity index (χ2v) is 10.4. The van der Waals surface area contributed by atoms with E-state index in [1.165, 1.54) is 29.5 Å². The van der Waals surface area contributed by atoms with Gasteiger partial charge in [0.1, 0.15) is 0 Å². The molecule has 194 valence electrons. The van der Waals surface area contributed by atoms with E-state index in [1.54, 1.807) is 48.5 Å². The van der Waals surface area contributed by atoms with E-state index in [4.69, 9.17) is 11.6 Å². The number of hydrogen-bond donors (Lipinski definition) is 2. The van der Waals surface area contributed by atoms with Gasteiger partial charge in [0.05, 0.1) is 0 Å². The maximum absolute atomic E-state index is 12.5. The highest BCUT2D eigenvalue weighted by atomic mass is 35.5. The number of rotatable bonds is 9. The van der Waals surface area contributed by atoms with E-state index in [9.17, 15) is 9.59 Å². The zero-order valence-corrected chi connectivity index (χ0v) is 22.5. The minimum Gasteiger partial charge on any atom is -0.352 e. The quantitative estimate of drug-likeness (QED) is 0.314. The van der Waals surface area contributed by atoms with E-state index in [-0.39, 0.29) is 11.8 Å². The summed E-state index contributed by atoms with van der Waals surface area (Å²) in [5.41, 5.74) is 6.02. The number of aryl methyl sites for hydroxylation is 2. The lowest BCUT2D eigenvalue weighted by Crippen LogP contribution is -2.34. The summed E-state index contributed by atoms with van der Waals surface area (Å²) in [5, 5.41) is 6.43. The molecule has 1 fully saturated rings. The molecule has 2 amide bonds. The predicted octanol–water partition coefficient (Wildman–Crippen LogP) is 6.60. The minimum absolute atomic E-state index is 0.0927. The number of halogens is 1. The smallest absolute Gasteiger partial charge is 0.255 e. The Morgan fingerprint density at radius 3 is 2.19 bits per heavy atom. The average Bonchev–Trinajstić information content (AvgIpc) is 2.90. The molecule has 0 saturated carbocycles. The summed E-state index contributed by atoms with van der Waals surface area (Å²) in [6.07, 6.45) is 4.47. The first-order valence-electron chi connectivity index (χ1n) is 13.1. The van der Waals surface area contributed by atoms with Crippen LogP contribution in [0.2, 0.25) is 5.02 Å². The number of carbonyl (C=O) groups is 2. The number of nitrogens with zero attached hydrogens (tertiary/aromatic N) is 1. The van der Waals surface area contributed by atoms with Gasteiger partial charge in [-0.05, 0) is 125 Å². The van der Waals surface area contributed by atoms with Gasteiger partial charge in [-0.25, -0.2) is 0 Å². The predicted molar refractivity (Wildman–Crippen MR) is 152 cm³/mol. The summed E-state index contributed by atoms with van der Waals surface area (Å²) < 4.78 is 0. The van der Waals surface area contributed by atoms with Crippen LogP contribution in [0.1, 0.15) is 69.0 Å². The first kappa shape index (κ1) is 26.9. The Labute approximate surface area is 225 Å².